The van der Waals surface area contributed by atoms with Gasteiger partial charge in [0, 0.05) is 18.1 Å². The van der Waals surface area contributed by atoms with E-state index in [1.165, 1.54) is 0 Å². The van der Waals surface area contributed by atoms with Gasteiger partial charge >= 0.3 is 0 Å². The van der Waals surface area contributed by atoms with Crippen LogP contribution in [0.3, 0.4) is 0 Å². The molecule has 0 aliphatic rings. The number of likely N-dealkylation sites (N-methyl/N-ethyl adjacent to an activating group) is 1. The lowest BCUT2D eigenvalue weighted by Crippen LogP contribution is -2.34. The number of hydrogen-bond acceptors (Lipinski definition) is 3. The van der Waals surface area contributed by atoms with Gasteiger partial charge in [-0.15, -0.1) is 0 Å². The highest BCUT2D eigenvalue weighted by Crippen LogP contribution is 2.14. The Morgan fingerprint density at radius 1 is 1.26 bits per heavy atom. The topological polar surface area (TPSA) is 53.3 Å². The highest BCUT2D eigenvalue weighted by molar-refractivity contribution is 6.30. The first-order chi connectivity index (χ1) is 11.1. The van der Waals surface area contributed by atoms with Crippen LogP contribution in [0.2, 0.25) is 5.02 Å². The molecule has 0 aliphatic carbocycles. The predicted octanol–water partition coefficient (Wildman–Crippen LogP) is 3.64. The monoisotopic (exact) mass is 328 g/mol. The van der Waals surface area contributed by atoms with Crippen LogP contribution in [0.1, 0.15) is 18.1 Å². The Morgan fingerprint density at radius 2 is 2.00 bits per heavy atom. The Kier molecular flexibility index (Phi) is 6.02. The molecule has 0 atom stereocenters. The molecule has 0 aliphatic heterocycles. The largest absolute Gasteiger partial charge is 0.484 e. The number of ether oxygens (including phenoxy) is 1. The molecule has 0 bridgehead atoms. The van der Waals surface area contributed by atoms with E-state index < -0.39 is 0 Å². The van der Waals surface area contributed by atoms with E-state index in [0.29, 0.717) is 29.4 Å². The van der Waals surface area contributed by atoms with Crippen LogP contribution in [-0.4, -0.2) is 24.0 Å². The molecule has 4 nitrogen and oxygen atoms in total. The maximum absolute atomic E-state index is 12.3. The molecule has 0 aromatic heterocycles. The second-order valence-electron chi connectivity index (χ2n) is 4.96. The molecule has 0 heterocycles. The van der Waals surface area contributed by atoms with Crippen LogP contribution >= 0.6 is 11.6 Å². The summed E-state index contributed by atoms with van der Waals surface area (Å²) in [6, 6.07) is 16.2. The van der Waals surface area contributed by atoms with Crippen molar-refractivity contribution in [3.63, 3.8) is 0 Å². The Balaban J connectivity index is 1.93. The van der Waals surface area contributed by atoms with Gasteiger partial charge in [-0.2, -0.15) is 5.26 Å². The molecule has 1 amide bonds. The maximum atomic E-state index is 12.3. The normalized spacial score (nSPS) is 9.96. The smallest absolute Gasteiger partial charge is 0.260 e. The van der Waals surface area contributed by atoms with Gasteiger partial charge < -0.3 is 9.64 Å². The van der Waals surface area contributed by atoms with Crippen LogP contribution < -0.4 is 4.74 Å². The van der Waals surface area contributed by atoms with Gasteiger partial charge in [0.2, 0.25) is 0 Å². The van der Waals surface area contributed by atoms with E-state index in [2.05, 4.69) is 0 Å². The molecule has 0 unspecified atom stereocenters. The minimum Gasteiger partial charge on any atom is -0.484 e. The minimum absolute atomic E-state index is 0.0414. The summed E-state index contributed by atoms with van der Waals surface area (Å²) in [5, 5.41) is 9.40. The number of amides is 1. The highest BCUT2D eigenvalue weighted by Gasteiger charge is 2.13. The first kappa shape index (κ1) is 16.9. The molecule has 0 radical (unpaired) electrons. The van der Waals surface area contributed by atoms with Crippen molar-refractivity contribution in [3.8, 4) is 11.8 Å². The van der Waals surface area contributed by atoms with E-state index in [-0.39, 0.29) is 12.5 Å². The van der Waals surface area contributed by atoms with E-state index in [9.17, 15) is 4.79 Å². The van der Waals surface area contributed by atoms with Gasteiger partial charge in [-0.05, 0) is 48.9 Å². The minimum atomic E-state index is -0.100. The first-order valence-corrected chi connectivity index (χ1v) is 7.65. The molecule has 0 N–H and O–H groups in total. The van der Waals surface area contributed by atoms with Crippen molar-refractivity contribution in [2.24, 2.45) is 0 Å². The highest BCUT2D eigenvalue weighted by atomic mass is 35.5. The molecule has 0 spiro atoms. The lowest BCUT2D eigenvalue weighted by molar-refractivity contribution is -0.133. The standard InChI is InChI=1S/C18H17ClN2O2/c1-2-21(12-15-4-3-5-16(19)10-15)18(22)13-23-17-8-6-14(11-20)7-9-17/h3-10H,2,12-13H2,1H3. The van der Waals surface area contributed by atoms with Gasteiger partial charge in [0.1, 0.15) is 5.75 Å². The van der Waals surface area contributed by atoms with Gasteiger partial charge in [-0.3, -0.25) is 4.79 Å². The summed E-state index contributed by atoms with van der Waals surface area (Å²) in [5.41, 5.74) is 1.53. The number of rotatable bonds is 6. The van der Waals surface area contributed by atoms with Crippen molar-refractivity contribution >= 4 is 17.5 Å². The molecule has 0 saturated carbocycles. The van der Waals surface area contributed by atoms with E-state index in [0.717, 1.165) is 5.56 Å². The van der Waals surface area contributed by atoms with Gasteiger partial charge in [0.15, 0.2) is 6.61 Å². The SMILES string of the molecule is CCN(Cc1cccc(Cl)c1)C(=O)COc1ccc(C#N)cc1. The van der Waals surface area contributed by atoms with Gasteiger partial charge in [-0.1, -0.05) is 23.7 Å². The molecule has 118 valence electrons. The fourth-order valence-corrected chi connectivity index (χ4v) is 2.31. The summed E-state index contributed by atoms with van der Waals surface area (Å²) >= 11 is 5.97. The third-order valence-corrected chi connectivity index (χ3v) is 3.58. The van der Waals surface area contributed by atoms with Crippen LogP contribution in [-0.2, 0) is 11.3 Å². The van der Waals surface area contributed by atoms with Crippen molar-refractivity contribution in [2.45, 2.75) is 13.5 Å². The average molecular weight is 329 g/mol. The van der Waals surface area contributed by atoms with Gasteiger partial charge in [0.05, 0.1) is 11.6 Å². The molecule has 0 fully saturated rings. The molecule has 2 aromatic rings. The van der Waals surface area contributed by atoms with E-state index in [1.54, 1.807) is 35.2 Å². The van der Waals surface area contributed by atoms with E-state index >= 15 is 0 Å². The fourth-order valence-electron chi connectivity index (χ4n) is 2.09. The summed E-state index contributed by atoms with van der Waals surface area (Å²) in [5.74, 6) is 0.466. The van der Waals surface area contributed by atoms with Crippen molar-refractivity contribution in [3.05, 3.63) is 64.7 Å². The fraction of sp³-hybridized carbons (Fsp3) is 0.222. The van der Waals surface area contributed by atoms with Gasteiger partial charge in [-0.25, -0.2) is 0 Å². The second kappa shape index (κ2) is 8.21. The molecule has 2 aromatic carbocycles. The third kappa shape index (κ3) is 5.01. The summed E-state index contributed by atoms with van der Waals surface area (Å²) in [6.45, 7) is 2.96. The van der Waals surface area contributed by atoms with Gasteiger partial charge in [0.25, 0.3) is 5.91 Å². The molecular formula is C18H17ClN2O2. The summed E-state index contributed by atoms with van der Waals surface area (Å²) in [4.78, 5) is 14.0. The Bertz CT molecular complexity index is 708. The number of nitriles is 1. The average Bonchev–Trinajstić information content (AvgIpc) is 2.58. The number of nitrogens with zero attached hydrogens (tertiary/aromatic N) is 2. The van der Waals surface area contributed by atoms with E-state index in [1.807, 2.05) is 31.2 Å². The predicted molar refractivity (Wildman–Crippen MR) is 89.2 cm³/mol. The Morgan fingerprint density at radius 3 is 2.61 bits per heavy atom. The number of carbonyl (C=O) groups is 1. The lowest BCUT2D eigenvalue weighted by atomic mass is 10.2. The van der Waals surface area contributed by atoms with Crippen LogP contribution in [0.15, 0.2) is 48.5 Å². The number of benzene rings is 2. The first-order valence-electron chi connectivity index (χ1n) is 7.27. The van der Waals surface area contributed by atoms with Crippen LogP contribution in [0.25, 0.3) is 0 Å². The molecule has 2 rings (SSSR count). The second-order valence-corrected chi connectivity index (χ2v) is 5.40. The molecule has 5 heteroatoms. The summed E-state index contributed by atoms with van der Waals surface area (Å²) in [6.07, 6.45) is 0. The van der Waals surface area contributed by atoms with Crippen LogP contribution in [0.4, 0.5) is 0 Å². The van der Waals surface area contributed by atoms with Crippen molar-refractivity contribution in [1.82, 2.24) is 4.90 Å². The van der Waals surface area contributed by atoms with Crippen LogP contribution in [0.5, 0.6) is 5.75 Å². The van der Waals surface area contributed by atoms with E-state index in [4.69, 9.17) is 21.6 Å². The molecular weight excluding hydrogens is 312 g/mol. The summed E-state index contributed by atoms with van der Waals surface area (Å²) < 4.78 is 5.48. The number of hydrogen-bond donors (Lipinski definition) is 0. The Hall–Kier alpha value is -2.51. The number of halogens is 1. The zero-order valence-corrected chi connectivity index (χ0v) is 13.6. The summed E-state index contributed by atoms with van der Waals surface area (Å²) in [7, 11) is 0. The maximum Gasteiger partial charge on any atom is 0.260 e. The van der Waals surface area contributed by atoms with Crippen molar-refractivity contribution < 1.29 is 9.53 Å². The number of carbonyl (C=O) groups excluding carboxylic acids is 1. The molecule has 0 saturated heterocycles. The zero-order chi connectivity index (χ0) is 16.7. The van der Waals surface area contributed by atoms with Crippen molar-refractivity contribution in [2.75, 3.05) is 13.2 Å². The van der Waals surface area contributed by atoms with Crippen LogP contribution in [0, 0.1) is 11.3 Å². The Labute approximate surface area is 140 Å². The molecule has 23 heavy (non-hydrogen) atoms. The third-order valence-electron chi connectivity index (χ3n) is 3.34. The lowest BCUT2D eigenvalue weighted by Gasteiger charge is -2.21. The zero-order valence-electron chi connectivity index (χ0n) is 12.8. The quantitative estimate of drug-likeness (QED) is 0.813. The van der Waals surface area contributed by atoms with Crippen molar-refractivity contribution in [1.29, 1.82) is 5.26 Å².